The van der Waals surface area contributed by atoms with Crippen molar-refractivity contribution in [3.05, 3.63) is 37.2 Å². The van der Waals surface area contributed by atoms with Crippen molar-refractivity contribution in [2.75, 3.05) is 0 Å². The normalized spacial score (nSPS) is 22.0. The largest absolute Gasteiger partial charge is 0.507 e. The van der Waals surface area contributed by atoms with Gasteiger partial charge in [0.15, 0.2) is 5.82 Å². The van der Waals surface area contributed by atoms with Crippen LogP contribution in [0.1, 0.15) is 58.8 Å². The molecule has 1 saturated carbocycles. The highest BCUT2D eigenvalue weighted by Gasteiger charge is 2.30. The maximum absolute atomic E-state index is 10.4. The zero-order valence-electron chi connectivity index (χ0n) is 17.5. The number of imidazole rings is 1. The maximum Gasteiger partial charge on any atom is 0.187 e. The number of aromatic hydroxyl groups is 1. The molecule has 0 spiro atoms. The molecule has 0 radical (unpaired) electrons. The van der Waals surface area contributed by atoms with Crippen molar-refractivity contribution in [1.82, 2.24) is 29.7 Å². The summed E-state index contributed by atoms with van der Waals surface area (Å²) in [6, 6.07) is 1.57. The van der Waals surface area contributed by atoms with E-state index in [0.29, 0.717) is 27.9 Å². The van der Waals surface area contributed by atoms with Crippen LogP contribution in [0.25, 0.3) is 17.2 Å². The first-order valence-corrected chi connectivity index (χ1v) is 11.5. The summed E-state index contributed by atoms with van der Waals surface area (Å²) in [6.45, 7) is 4.71. The van der Waals surface area contributed by atoms with Crippen LogP contribution in [0.4, 0.5) is 0 Å². The fraction of sp³-hybridized carbons (Fsp3) is 0.500. The molecule has 0 aromatic carbocycles. The predicted molar refractivity (Wildman–Crippen MR) is 118 cm³/mol. The van der Waals surface area contributed by atoms with Crippen molar-refractivity contribution in [1.29, 1.82) is 0 Å². The van der Waals surface area contributed by atoms with Gasteiger partial charge in [0.25, 0.3) is 0 Å². The summed E-state index contributed by atoms with van der Waals surface area (Å²) in [5.41, 5.74) is 0.894. The second kappa shape index (κ2) is 9.12. The fourth-order valence-corrected chi connectivity index (χ4v) is 5.68. The summed E-state index contributed by atoms with van der Waals surface area (Å²) in [7, 11) is 0. The Balaban J connectivity index is 1.46. The molecule has 30 heavy (non-hydrogen) atoms. The highest BCUT2D eigenvalue weighted by molar-refractivity contribution is 7.99. The second-order valence-electron chi connectivity index (χ2n) is 8.40. The molecule has 1 aliphatic carbocycles. The number of nitrogens with zero attached hydrogens (tertiary/aromatic N) is 6. The van der Waals surface area contributed by atoms with E-state index in [1.165, 1.54) is 44.9 Å². The molecule has 158 valence electrons. The Kier molecular flexibility index (Phi) is 6.32. The summed E-state index contributed by atoms with van der Waals surface area (Å²) in [4.78, 5) is 12.8. The van der Waals surface area contributed by atoms with E-state index in [1.807, 2.05) is 0 Å². The van der Waals surface area contributed by atoms with Crippen LogP contribution >= 0.6 is 11.8 Å². The van der Waals surface area contributed by atoms with E-state index in [1.54, 1.807) is 53.5 Å². The van der Waals surface area contributed by atoms with Gasteiger partial charge in [-0.2, -0.15) is 0 Å². The topological polar surface area (TPSA) is 89.6 Å². The molecule has 0 aliphatic heterocycles. The SMILES string of the molecule is CCC[C@]1(C)CCCC[C@H](Sc2cnc(-c3cnc(-n4ccnc4)cc3O)nn2)C1. The molecular weight excluding hydrogens is 396 g/mol. The van der Waals surface area contributed by atoms with Crippen LogP contribution in [0.15, 0.2) is 42.2 Å². The Labute approximate surface area is 181 Å². The minimum atomic E-state index is 0.0648. The minimum Gasteiger partial charge on any atom is -0.507 e. The quantitative estimate of drug-likeness (QED) is 0.553. The van der Waals surface area contributed by atoms with E-state index in [-0.39, 0.29) is 5.75 Å². The summed E-state index contributed by atoms with van der Waals surface area (Å²) < 4.78 is 1.72. The first kappa shape index (κ1) is 20.8. The predicted octanol–water partition coefficient (Wildman–Crippen LogP) is 5.06. The standard InChI is InChI=1S/C22H28N6OS/c1-3-7-22(2)8-5-4-6-16(12-22)30-20-14-25-21(27-26-20)17-13-24-19(11-18(17)29)28-10-9-23-15-28/h9-11,13-16H,3-8,12H2,1-2H3,(H,24,29)/t16-,22+/m0/s1. The number of hydrogen-bond acceptors (Lipinski definition) is 7. The number of aromatic nitrogens is 6. The van der Waals surface area contributed by atoms with Crippen LogP contribution in [0.5, 0.6) is 5.75 Å². The van der Waals surface area contributed by atoms with Crippen LogP contribution in [0.3, 0.4) is 0 Å². The fourth-order valence-electron chi connectivity index (χ4n) is 4.36. The van der Waals surface area contributed by atoms with Gasteiger partial charge in [0.2, 0.25) is 0 Å². The molecule has 3 heterocycles. The van der Waals surface area contributed by atoms with Crippen molar-refractivity contribution < 1.29 is 5.11 Å². The lowest BCUT2D eigenvalue weighted by Gasteiger charge is -2.30. The summed E-state index contributed by atoms with van der Waals surface area (Å²) >= 11 is 1.79. The lowest BCUT2D eigenvalue weighted by Crippen LogP contribution is -2.20. The van der Waals surface area contributed by atoms with Gasteiger partial charge in [-0.25, -0.2) is 15.0 Å². The molecule has 0 amide bonds. The van der Waals surface area contributed by atoms with Crippen molar-refractivity contribution >= 4 is 11.8 Å². The van der Waals surface area contributed by atoms with E-state index in [0.717, 1.165) is 5.03 Å². The van der Waals surface area contributed by atoms with Gasteiger partial charge in [-0.3, -0.25) is 4.57 Å². The van der Waals surface area contributed by atoms with Gasteiger partial charge >= 0.3 is 0 Å². The monoisotopic (exact) mass is 424 g/mol. The molecule has 1 fully saturated rings. The molecule has 3 aromatic rings. The smallest absolute Gasteiger partial charge is 0.187 e. The highest BCUT2D eigenvalue weighted by atomic mass is 32.2. The summed E-state index contributed by atoms with van der Waals surface area (Å²) in [5, 5.41) is 20.5. The van der Waals surface area contributed by atoms with E-state index in [4.69, 9.17) is 0 Å². The van der Waals surface area contributed by atoms with Crippen molar-refractivity contribution in [2.24, 2.45) is 5.41 Å². The van der Waals surface area contributed by atoms with Gasteiger partial charge < -0.3 is 5.11 Å². The van der Waals surface area contributed by atoms with Gasteiger partial charge in [0, 0.05) is 29.9 Å². The third kappa shape index (κ3) is 4.80. The van der Waals surface area contributed by atoms with Crippen LogP contribution in [-0.2, 0) is 0 Å². The van der Waals surface area contributed by atoms with Crippen molar-refractivity contribution in [3.63, 3.8) is 0 Å². The van der Waals surface area contributed by atoms with E-state index >= 15 is 0 Å². The molecule has 1 aliphatic rings. The summed E-state index contributed by atoms with van der Waals surface area (Å²) in [5.74, 6) is 1.02. The Morgan fingerprint density at radius 2 is 2.13 bits per heavy atom. The number of rotatable bonds is 6. The van der Waals surface area contributed by atoms with E-state index in [2.05, 4.69) is 39.0 Å². The molecule has 0 saturated heterocycles. The molecule has 1 N–H and O–H groups in total. The minimum absolute atomic E-state index is 0.0648. The van der Waals surface area contributed by atoms with Gasteiger partial charge in [-0.05, 0) is 31.1 Å². The Hall–Kier alpha value is -2.48. The average Bonchev–Trinajstić information content (AvgIpc) is 3.21. The zero-order chi connectivity index (χ0) is 21.0. The maximum atomic E-state index is 10.4. The van der Waals surface area contributed by atoms with Crippen LogP contribution in [-0.4, -0.2) is 40.1 Å². The number of hydrogen-bond donors (Lipinski definition) is 1. The molecule has 0 bridgehead atoms. The first-order valence-electron chi connectivity index (χ1n) is 10.6. The molecule has 8 heteroatoms. The highest BCUT2D eigenvalue weighted by Crippen LogP contribution is 2.43. The lowest BCUT2D eigenvalue weighted by molar-refractivity contribution is 0.254. The van der Waals surface area contributed by atoms with E-state index in [9.17, 15) is 5.11 Å². The molecule has 3 aromatic heterocycles. The second-order valence-corrected chi connectivity index (χ2v) is 9.72. The average molecular weight is 425 g/mol. The van der Waals surface area contributed by atoms with Crippen LogP contribution in [0.2, 0.25) is 0 Å². The van der Waals surface area contributed by atoms with Gasteiger partial charge in [-0.15, -0.1) is 10.2 Å². The third-order valence-corrected chi connectivity index (χ3v) is 7.00. The lowest BCUT2D eigenvalue weighted by atomic mass is 9.79. The Bertz CT molecular complexity index is 962. The molecule has 4 rings (SSSR count). The van der Waals surface area contributed by atoms with Gasteiger partial charge in [0.1, 0.15) is 22.9 Å². The molecule has 2 atom stereocenters. The van der Waals surface area contributed by atoms with Gasteiger partial charge in [0.05, 0.1) is 11.8 Å². The van der Waals surface area contributed by atoms with Crippen molar-refractivity contribution in [3.8, 4) is 23.0 Å². The summed E-state index contributed by atoms with van der Waals surface area (Å²) in [6.07, 6.45) is 17.3. The van der Waals surface area contributed by atoms with E-state index < -0.39 is 0 Å². The molecule has 0 unspecified atom stereocenters. The number of pyridine rings is 1. The third-order valence-electron chi connectivity index (χ3n) is 5.84. The van der Waals surface area contributed by atoms with Crippen molar-refractivity contribution in [2.45, 2.75) is 69.1 Å². The molecular formula is C22H28N6OS. The first-order chi connectivity index (χ1) is 14.6. The Morgan fingerprint density at radius 3 is 2.83 bits per heavy atom. The number of thioether (sulfide) groups is 1. The van der Waals surface area contributed by atoms with Crippen LogP contribution < -0.4 is 0 Å². The van der Waals surface area contributed by atoms with Crippen LogP contribution in [0, 0.1) is 5.41 Å². The Morgan fingerprint density at radius 1 is 1.23 bits per heavy atom. The van der Waals surface area contributed by atoms with Gasteiger partial charge in [-0.1, -0.05) is 44.9 Å². The molecule has 7 nitrogen and oxygen atoms in total. The zero-order valence-corrected chi connectivity index (χ0v) is 18.3.